The predicted molar refractivity (Wildman–Crippen MR) is 110 cm³/mol. The molecule has 0 N–H and O–H groups in total. The molecule has 0 atom stereocenters. The van der Waals surface area contributed by atoms with Gasteiger partial charge < -0.3 is 4.79 Å². The van der Waals surface area contributed by atoms with Crippen LogP contribution in [0.5, 0.6) is 0 Å². The zero-order valence-corrected chi connectivity index (χ0v) is 16.0. The molecule has 0 spiro atoms. The third kappa shape index (κ3) is 16.6. The highest BCUT2D eigenvalue weighted by Gasteiger charge is 2.06. The summed E-state index contributed by atoms with van der Waals surface area (Å²) in [6.45, 7) is 2.21. The van der Waals surface area contributed by atoms with E-state index in [9.17, 15) is 14.9 Å². The molecule has 4 nitrogen and oxygen atoms in total. The van der Waals surface area contributed by atoms with E-state index in [1.54, 1.807) is 6.08 Å². The maximum absolute atomic E-state index is 11.0. The number of rotatable bonds is 16. The largest absolute Gasteiger partial charge is 0.303 e. The summed E-state index contributed by atoms with van der Waals surface area (Å²) < 4.78 is 0. The van der Waals surface area contributed by atoms with Crippen LogP contribution in [0.4, 0.5) is 0 Å². The van der Waals surface area contributed by atoms with E-state index >= 15 is 0 Å². The van der Waals surface area contributed by atoms with Crippen LogP contribution in [-0.2, 0) is 4.79 Å². The average Bonchev–Trinajstić information content (AvgIpc) is 2.63. The lowest BCUT2D eigenvalue weighted by molar-refractivity contribution is -0.427. The average molecular weight is 360 g/mol. The zero-order valence-electron chi connectivity index (χ0n) is 16.0. The number of hydrogen-bond donors (Lipinski definition) is 0. The Balaban J connectivity index is 3.99. The fourth-order valence-corrected chi connectivity index (χ4v) is 2.19. The van der Waals surface area contributed by atoms with Crippen LogP contribution in [-0.4, -0.2) is 11.2 Å². The maximum atomic E-state index is 11.0. The topological polar surface area (TPSA) is 60.2 Å². The Morgan fingerprint density at radius 2 is 1.42 bits per heavy atom. The van der Waals surface area contributed by atoms with E-state index in [0.717, 1.165) is 25.5 Å². The van der Waals surface area contributed by atoms with Crippen molar-refractivity contribution in [1.29, 1.82) is 0 Å². The van der Waals surface area contributed by atoms with Crippen molar-refractivity contribution < 1.29 is 9.72 Å². The molecule has 0 bridgehead atoms. The van der Waals surface area contributed by atoms with Gasteiger partial charge in [-0.2, -0.15) is 0 Å². The van der Waals surface area contributed by atoms with Crippen molar-refractivity contribution in [3.8, 4) is 0 Å². The van der Waals surface area contributed by atoms with E-state index in [1.165, 1.54) is 19.3 Å². The molecule has 0 heterocycles. The van der Waals surface area contributed by atoms with Crippen molar-refractivity contribution in [2.75, 3.05) is 0 Å². The van der Waals surface area contributed by atoms with Crippen LogP contribution in [0.25, 0.3) is 0 Å². The lowest BCUT2D eigenvalue weighted by Gasteiger charge is -1.93. The van der Waals surface area contributed by atoms with Crippen LogP contribution in [0.3, 0.4) is 0 Å². The first-order valence-corrected chi connectivity index (χ1v) is 9.59. The Morgan fingerprint density at radius 3 is 2.08 bits per heavy atom. The zero-order chi connectivity index (χ0) is 19.3. The minimum atomic E-state index is -0.331. The lowest BCUT2D eigenvalue weighted by atomic mass is 10.2. The van der Waals surface area contributed by atoms with Crippen LogP contribution in [0, 0.1) is 10.1 Å². The highest BCUT2D eigenvalue weighted by molar-refractivity contribution is 5.49. The van der Waals surface area contributed by atoms with Gasteiger partial charge in [0.05, 0.1) is 11.3 Å². The van der Waals surface area contributed by atoms with Crippen LogP contribution >= 0.6 is 0 Å². The molecule has 0 unspecified atom stereocenters. The van der Waals surface area contributed by atoms with Crippen molar-refractivity contribution in [1.82, 2.24) is 0 Å². The molecule has 0 amide bonds. The van der Waals surface area contributed by atoms with Crippen LogP contribution in [0.15, 0.2) is 60.4 Å². The third-order valence-electron chi connectivity index (χ3n) is 3.69. The molecule has 4 heteroatoms. The smallest absolute Gasteiger partial charge is 0.246 e. The summed E-state index contributed by atoms with van der Waals surface area (Å²) >= 11 is 0. The van der Waals surface area contributed by atoms with Crippen LogP contribution in [0.2, 0.25) is 0 Å². The van der Waals surface area contributed by atoms with Gasteiger partial charge in [0.15, 0.2) is 0 Å². The van der Waals surface area contributed by atoms with Gasteiger partial charge in [-0.3, -0.25) is 10.1 Å². The summed E-state index contributed by atoms with van der Waals surface area (Å²) in [5.74, 6) is 0. The summed E-state index contributed by atoms with van der Waals surface area (Å²) in [4.78, 5) is 20.9. The molecule has 0 aromatic rings. The van der Waals surface area contributed by atoms with Gasteiger partial charge in [-0.1, -0.05) is 68.4 Å². The minimum absolute atomic E-state index is 0.209. The Kier molecular flexibility index (Phi) is 17.5. The molecule has 0 aliphatic heterocycles. The summed E-state index contributed by atoms with van der Waals surface area (Å²) in [5, 5.41) is 11.0. The van der Waals surface area contributed by atoms with Crippen LogP contribution in [0.1, 0.15) is 71.1 Å². The van der Waals surface area contributed by atoms with Crippen molar-refractivity contribution >= 4 is 6.29 Å². The maximum Gasteiger partial charge on any atom is 0.246 e. The number of carbonyl (C=O) groups excluding carboxylic acids is 1. The fourth-order valence-electron chi connectivity index (χ4n) is 2.19. The second-order valence-corrected chi connectivity index (χ2v) is 5.99. The van der Waals surface area contributed by atoms with Gasteiger partial charge in [0.25, 0.3) is 0 Å². The SMILES string of the molecule is CCCCC/C=C\C/C=C\C/C=C\C/C(=C\C/C=C\CCC=O)[N+](=O)[O-]. The second-order valence-electron chi connectivity index (χ2n) is 5.99. The first kappa shape index (κ1) is 23.8. The van der Waals surface area contributed by atoms with E-state index in [0.29, 0.717) is 25.7 Å². The van der Waals surface area contributed by atoms with Gasteiger partial charge in [-0.15, -0.1) is 0 Å². The molecule has 0 radical (unpaired) electrons. The van der Waals surface area contributed by atoms with Crippen LogP contribution < -0.4 is 0 Å². The van der Waals surface area contributed by atoms with E-state index in [2.05, 4.69) is 31.2 Å². The molecule has 0 aliphatic rings. The van der Waals surface area contributed by atoms with E-state index in [4.69, 9.17) is 0 Å². The summed E-state index contributed by atoms with van der Waals surface area (Å²) in [5.41, 5.74) is 0.209. The number of allylic oxidation sites excluding steroid dienone is 9. The van der Waals surface area contributed by atoms with Gasteiger partial charge in [0.1, 0.15) is 6.29 Å². The molecule has 0 aliphatic carbocycles. The lowest BCUT2D eigenvalue weighted by Crippen LogP contribution is -1.97. The quantitative estimate of drug-likeness (QED) is 0.104. The molecular formula is C22H33NO3. The van der Waals surface area contributed by atoms with Gasteiger partial charge in [0.2, 0.25) is 5.70 Å². The number of hydrogen-bond acceptors (Lipinski definition) is 3. The molecular weight excluding hydrogens is 326 g/mol. The predicted octanol–water partition coefficient (Wildman–Crippen LogP) is 6.49. The number of aldehydes is 1. The first-order chi connectivity index (χ1) is 12.7. The molecule has 26 heavy (non-hydrogen) atoms. The molecule has 0 aromatic heterocycles. The van der Waals surface area contributed by atoms with Gasteiger partial charge in [-0.25, -0.2) is 0 Å². The highest BCUT2D eigenvalue weighted by Crippen LogP contribution is 2.07. The van der Waals surface area contributed by atoms with Gasteiger partial charge in [-0.05, 0) is 44.6 Å². The van der Waals surface area contributed by atoms with E-state index in [1.807, 2.05) is 24.3 Å². The van der Waals surface area contributed by atoms with Gasteiger partial charge >= 0.3 is 0 Å². The molecule has 144 valence electrons. The first-order valence-electron chi connectivity index (χ1n) is 9.59. The van der Waals surface area contributed by atoms with Crippen molar-refractivity contribution in [3.05, 3.63) is 70.5 Å². The highest BCUT2D eigenvalue weighted by atomic mass is 16.6. The normalized spacial score (nSPS) is 12.9. The van der Waals surface area contributed by atoms with Gasteiger partial charge in [0, 0.05) is 6.42 Å². The monoisotopic (exact) mass is 359 g/mol. The Labute approximate surface area is 158 Å². The molecule has 0 aromatic carbocycles. The van der Waals surface area contributed by atoms with E-state index in [-0.39, 0.29) is 10.6 Å². The molecule has 0 saturated heterocycles. The number of nitrogens with zero attached hydrogens (tertiary/aromatic N) is 1. The summed E-state index contributed by atoms with van der Waals surface area (Å²) in [6.07, 6.45) is 27.4. The van der Waals surface area contributed by atoms with Crippen molar-refractivity contribution in [2.45, 2.75) is 71.1 Å². The van der Waals surface area contributed by atoms with E-state index < -0.39 is 0 Å². The Bertz CT molecular complexity index is 513. The number of unbranched alkanes of at least 4 members (excludes halogenated alkanes) is 4. The second kappa shape index (κ2) is 19.1. The molecule has 0 fully saturated rings. The third-order valence-corrected chi connectivity index (χ3v) is 3.69. The Hall–Kier alpha value is -2.23. The summed E-state index contributed by atoms with van der Waals surface area (Å²) in [6, 6.07) is 0. The van der Waals surface area contributed by atoms with Crippen molar-refractivity contribution in [2.24, 2.45) is 0 Å². The minimum Gasteiger partial charge on any atom is -0.303 e. The Morgan fingerprint density at radius 1 is 0.808 bits per heavy atom. The number of carbonyl (C=O) groups is 1. The fraction of sp³-hybridized carbons (Fsp3) is 0.500. The molecule has 0 saturated carbocycles. The van der Waals surface area contributed by atoms with Crippen molar-refractivity contribution in [3.63, 3.8) is 0 Å². The summed E-state index contributed by atoms with van der Waals surface area (Å²) in [7, 11) is 0. The number of nitro groups is 1. The molecule has 0 rings (SSSR count). The standard InChI is InChI=1S/C22H33NO3/c1-2-3-4-5-6-7-8-9-10-11-13-16-19-22(23(25)26)20-17-14-12-15-18-21-24/h6-7,9-10,12-14,16,20-21H,2-5,8,11,15,17-19H2,1H3/b7-6-,10-9-,14-12-,16-13-,22-20+.